The van der Waals surface area contributed by atoms with E-state index >= 15 is 0 Å². The van der Waals surface area contributed by atoms with Crippen LogP contribution in [0.2, 0.25) is 0 Å². The van der Waals surface area contributed by atoms with E-state index in [1.54, 1.807) is 0 Å². The smallest absolute Gasteiger partial charge is 0.0624 e. The van der Waals surface area contributed by atoms with Gasteiger partial charge in [0.2, 0.25) is 0 Å². The quantitative estimate of drug-likeness (QED) is 0.870. The Morgan fingerprint density at radius 3 is 2.86 bits per heavy atom. The molecule has 0 amide bonds. The first-order valence-corrected chi connectivity index (χ1v) is 5.40. The number of halogens is 1. The molecule has 0 aliphatic heterocycles. The maximum atomic E-state index is 3.57. The average Bonchev–Trinajstić information content (AvgIpc) is 2.46. The lowest BCUT2D eigenvalue weighted by atomic mass is 10.2. The van der Waals surface area contributed by atoms with E-state index in [1.807, 2.05) is 7.05 Å². The van der Waals surface area contributed by atoms with Crippen LogP contribution in [0.3, 0.4) is 0 Å². The minimum absolute atomic E-state index is 0.900. The Hall–Kier alpha value is -0.800. The van der Waals surface area contributed by atoms with Crippen molar-refractivity contribution in [2.75, 3.05) is 7.05 Å². The molecule has 0 spiro atoms. The van der Waals surface area contributed by atoms with Gasteiger partial charge < -0.3 is 9.88 Å². The highest BCUT2D eigenvalue weighted by Crippen LogP contribution is 2.26. The SMILES string of the molecule is CNCc1cc2cccc(Br)c2n1C. The highest BCUT2D eigenvalue weighted by Gasteiger charge is 2.06. The Morgan fingerprint density at radius 2 is 2.21 bits per heavy atom. The normalized spacial score (nSPS) is 11.1. The van der Waals surface area contributed by atoms with Crippen molar-refractivity contribution in [3.63, 3.8) is 0 Å². The van der Waals surface area contributed by atoms with Crippen LogP contribution in [-0.2, 0) is 13.6 Å². The largest absolute Gasteiger partial charge is 0.346 e. The Morgan fingerprint density at radius 1 is 1.43 bits per heavy atom. The van der Waals surface area contributed by atoms with E-state index in [0.29, 0.717) is 0 Å². The van der Waals surface area contributed by atoms with Gasteiger partial charge in [-0.1, -0.05) is 12.1 Å². The van der Waals surface area contributed by atoms with E-state index in [1.165, 1.54) is 16.6 Å². The van der Waals surface area contributed by atoms with Crippen molar-refractivity contribution < 1.29 is 0 Å². The summed E-state index contributed by atoms with van der Waals surface area (Å²) >= 11 is 3.57. The molecule has 1 aromatic carbocycles. The van der Waals surface area contributed by atoms with E-state index in [0.717, 1.165) is 11.0 Å². The molecule has 0 aliphatic rings. The van der Waals surface area contributed by atoms with E-state index in [-0.39, 0.29) is 0 Å². The molecule has 74 valence electrons. The number of aromatic nitrogens is 1. The molecular formula is C11H13BrN2. The number of hydrogen-bond donors (Lipinski definition) is 1. The molecule has 0 atom stereocenters. The van der Waals surface area contributed by atoms with Crippen LogP contribution in [0, 0.1) is 0 Å². The summed E-state index contributed by atoms with van der Waals surface area (Å²) in [5.41, 5.74) is 2.56. The van der Waals surface area contributed by atoms with Crippen molar-refractivity contribution in [2.45, 2.75) is 6.54 Å². The fraction of sp³-hybridized carbons (Fsp3) is 0.273. The van der Waals surface area contributed by atoms with E-state index in [2.05, 4.69) is 57.1 Å². The van der Waals surface area contributed by atoms with E-state index in [9.17, 15) is 0 Å². The number of nitrogens with one attached hydrogen (secondary N) is 1. The standard InChI is InChI=1S/C11H13BrN2/c1-13-7-9-6-8-4-3-5-10(12)11(8)14(9)2/h3-6,13H,7H2,1-2H3. The highest BCUT2D eigenvalue weighted by molar-refractivity contribution is 9.10. The predicted molar refractivity (Wildman–Crippen MR) is 63.4 cm³/mol. The predicted octanol–water partition coefficient (Wildman–Crippen LogP) is 2.66. The van der Waals surface area contributed by atoms with Crippen molar-refractivity contribution in [3.05, 3.63) is 34.4 Å². The van der Waals surface area contributed by atoms with Gasteiger partial charge in [0.15, 0.2) is 0 Å². The van der Waals surface area contributed by atoms with Gasteiger partial charge >= 0.3 is 0 Å². The second-order valence-corrected chi connectivity index (χ2v) is 4.26. The zero-order valence-corrected chi connectivity index (χ0v) is 9.93. The molecule has 2 nitrogen and oxygen atoms in total. The average molecular weight is 253 g/mol. The van der Waals surface area contributed by atoms with Gasteiger partial charge in [-0.15, -0.1) is 0 Å². The van der Waals surface area contributed by atoms with Crippen molar-refractivity contribution in [1.82, 2.24) is 9.88 Å². The minimum atomic E-state index is 0.900. The van der Waals surface area contributed by atoms with Gasteiger partial charge in [0.05, 0.1) is 5.52 Å². The van der Waals surface area contributed by atoms with Crippen LogP contribution in [0.15, 0.2) is 28.7 Å². The molecule has 3 heteroatoms. The third-order valence-electron chi connectivity index (χ3n) is 2.46. The van der Waals surface area contributed by atoms with E-state index < -0.39 is 0 Å². The first-order valence-electron chi connectivity index (χ1n) is 4.61. The summed E-state index contributed by atoms with van der Waals surface area (Å²) in [5, 5.41) is 4.45. The van der Waals surface area contributed by atoms with Crippen molar-refractivity contribution in [3.8, 4) is 0 Å². The number of nitrogens with zero attached hydrogens (tertiary/aromatic N) is 1. The van der Waals surface area contributed by atoms with Gasteiger partial charge in [0, 0.05) is 29.1 Å². The molecule has 0 unspecified atom stereocenters. The van der Waals surface area contributed by atoms with Crippen LogP contribution in [0.5, 0.6) is 0 Å². The molecule has 14 heavy (non-hydrogen) atoms. The van der Waals surface area contributed by atoms with Crippen LogP contribution in [0.1, 0.15) is 5.69 Å². The number of rotatable bonds is 2. The van der Waals surface area contributed by atoms with Crippen LogP contribution in [-0.4, -0.2) is 11.6 Å². The molecule has 0 saturated heterocycles. The van der Waals surface area contributed by atoms with Crippen LogP contribution in [0.4, 0.5) is 0 Å². The number of benzene rings is 1. The first kappa shape index (κ1) is 9.74. The zero-order valence-electron chi connectivity index (χ0n) is 8.34. The molecule has 1 heterocycles. The summed E-state index contributed by atoms with van der Waals surface area (Å²) in [5.74, 6) is 0. The molecule has 0 bridgehead atoms. The summed E-state index contributed by atoms with van der Waals surface area (Å²) in [6, 6.07) is 8.50. The maximum absolute atomic E-state index is 3.57. The zero-order chi connectivity index (χ0) is 10.1. The number of fused-ring (bicyclic) bond motifs is 1. The molecule has 2 rings (SSSR count). The van der Waals surface area contributed by atoms with Gasteiger partial charge in [-0.05, 0) is 35.1 Å². The molecule has 1 N–H and O–H groups in total. The van der Waals surface area contributed by atoms with Gasteiger partial charge in [-0.2, -0.15) is 0 Å². The van der Waals surface area contributed by atoms with Gasteiger partial charge in [-0.25, -0.2) is 0 Å². The van der Waals surface area contributed by atoms with E-state index in [4.69, 9.17) is 0 Å². The fourth-order valence-corrected chi connectivity index (χ4v) is 2.42. The van der Waals surface area contributed by atoms with Crippen LogP contribution < -0.4 is 5.32 Å². The molecular weight excluding hydrogens is 240 g/mol. The summed E-state index contributed by atoms with van der Waals surface area (Å²) in [7, 11) is 4.06. The molecule has 0 aliphatic carbocycles. The molecule has 1 aromatic heterocycles. The van der Waals surface area contributed by atoms with Gasteiger partial charge in [0.1, 0.15) is 0 Å². The second-order valence-electron chi connectivity index (χ2n) is 3.40. The Labute approximate surface area is 92.0 Å². The molecule has 2 aromatic rings. The second kappa shape index (κ2) is 3.75. The molecule has 0 radical (unpaired) electrons. The number of hydrogen-bond acceptors (Lipinski definition) is 1. The van der Waals surface area contributed by atoms with Crippen molar-refractivity contribution >= 4 is 26.8 Å². The highest BCUT2D eigenvalue weighted by atomic mass is 79.9. The lowest BCUT2D eigenvalue weighted by Crippen LogP contribution is -2.08. The van der Waals surface area contributed by atoms with Gasteiger partial charge in [-0.3, -0.25) is 0 Å². The topological polar surface area (TPSA) is 17.0 Å². The van der Waals surface area contributed by atoms with Crippen molar-refractivity contribution in [2.24, 2.45) is 7.05 Å². The third kappa shape index (κ3) is 1.47. The van der Waals surface area contributed by atoms with Crippen LogP contribution in [0.25, 0.3) is 10.9 Å². The number of aryl methyl sites for hydroxylation is 1. The third-order valence-corrected chi connectivity index (χ3v) is 3.10. The summed E-state index contributed by atoms with van der Waals surface area (Å²) in [6.45, 7) is 0.900. The van der Waals surface area contributed by atoms with Gasteiger partial charge in [0.25, 0.3) is 0 Å². The Bertz CT molecular complexity index is 460. The Kier molecular flexibility index (Phi) is 2.61. The Balaban J connectivity index is 2.68. The molecule has 0 saturated carbocycles. The fourth-order valence-electron chi connectivity index (χ4n) is 1.77. The summed E-state index contributed by atoms with van der Waals surface area (Å²) in [4.78, 5) is 0. The lowest BCUT2D eigenvalue weighted by molar-refractivity contribution is 0.745. The first-order chi connectivity index (χ1) is 6.74. The minimum Gasteiger partial charge on any atom is -0.346 e. The maximum Gasteiger partial charge on any atom is 0.0624 e. The monoisotopic (exact) mass is 252 g/mol. The summed E-state index contributed by atoms with van der Waals surface area (Å²) in [6.07, 6.45) is 0. The summed E-state index contributed by atoms with van der Waals surface area (Å²) < 4.78 is 3.37. The van der Waals surface area contributed by atoms with Crippen molar-refractivity contribution in [1.29, 1.82) is 0 Å². The van der Waals surface area contributed by atoms with Crippen LogP contribution >= 0.6 is 15.9 Å². The molecule has 0 fully saturated rings. The number of para-hydroxylation sites is 1. The lowest BCUT2D eigenvalue weighted by Gasteiger charge is -2.03.